The molecule has 0 bridgehead atoms. The number of ether oxygens (including phenoxy) is 2. The van der Waals surface area contributed by atoms with Crippen LogP contribution in [0.2, 0.25) is 0 Å². The van der Waals surface area contributed by atoms with Gasteiger partial charge in [0.25, 0.3) is 10.2 Å². The van der Waals surface area contributed by atoms with Crippen LogP contribution < -0.4 is 18.9 Å². The van der Waals surface area contributed by atoms with Crippen LogP contribution in [0.25, 0.3) is 16.6 Å². The number of halogens is 1. The second-order valence-corrected chi connectivity index (χ2v) is 9.32. The Balaban J connectivity index is 1.60. The van der Waals surface area contributed by atoms with E-state index in [4.69, 9.17) is 9.47 Å². The minimum absolute atomic E-state index is 0.0669. The van der Waals surface area contributed by atoms with E-state index in [0.717, 1.165) is 9.99 Å². The highest BCUT2D eigenvalue weighted by molar-refractivity contribution is 9.10. The van der Waals surface area contributed by atoms with E-state index in [-0.39, 0.29) is 37.5 Å². The zero-order valence-electron chi connectivity index (χ0n) is 18.0. The first kappa shape index (κ1) is 23.8. The molecule has 2 N–H and O–H groups in total. The molecule has 0 unspecified atom stereocenters. The Hall–Kier alpha value is -3.36. The van der Waals surface area contributed by atoms with Crippen molar-refractivity contribution in [1.82, 2.24) is 34.3 Å². The molecule has 4 aromatic heterocycles. The van der Waals surface area contributed by atoms with Crippen molar-refractivity contribution in [3.8, 4) is 23.0 Å². The molecule has 0 atom stereocenters. The standard InChI is InChI=1S/C20H21BrN8O4S/c1-2-6-27-34(30,31)28-18-17(14-3-4-16-5-7-26-29(16)12-14)19(25-13-24-18)32-8-9-33-20-22-10-15(21)11-23-20/h3-5,7,10-13,27H,2,6,8-9H2,1H3,(H,24,25,28). The average Bonchev–Trinajstić information content (AvgIpc) is 3.29. The van der Waals surface area contributed by atoms with Crippen LogP contribution >= 0.6 is 15.9 Å². The second kappa shape index (κ2) is 10.7. The van der Waals surface area contributed by atoms with Gasteiger partial charge in [-0.05, 0) is 34.5 Å². The molecule has 0 aliphatic heterocycles. The van der Waals surface area contributed by atoms with E-state index >= 15 is 0 Å². The van der Waals surface area contributed by atoms with E-state index in [1.165, 1.54) is 6.33 Å². The van der Waals surface area contributed by atoms with Crippen molar-refractivity contribution in [2.45, 2.75) is 13.3 Å². The molecule has 4 aromatic rings. The Morgan fingerprint density at radius 3 is 2.65 bits per heavy atom. The largest absolute Gasteiger partial charge is 0.473 e. The Bertz CT molecular complexity index is 1360. The molecule has 12 nitrogen and oxygen atoms in total. The average molecular weight is 549 g/mol. The number of nitrogens with one attached hydrogen (secondary N) is 2. The molecule has 0 aromatic carbocycles. The molecule has 14 heteroatoms. The van der Waals surface area contributed by atoms with Gasteiger partial charge in [0.05, 0.1) is 15.6 Å². The van der Waals surface area contributed by atoms with Gasteiger partial charge >= 0.3 is 6.01 Å². The number of rotatable bonds is 11. The number of hydrogen-bond donors (Lipinski definition) is 2. The lowest BCUT2D eigenvalue weighted by molar-refractivity contribution is 0.202. The first-order chi connectivity index (χ1) is 16.4. The fourth-order valence-corrected chi connectivity index (χ4v) is 4.08. The summed E-state index contributed by atoms with van der Waals surface area (Å²) in [4.78, 5) is 16.4. The summed E-state index contributed by atoms with van der Waals surface area (Å²) in [7, 11) is -3.85. The minimum atomic E-state index is -3.85. The summed E-state index contributed by atoms with van der Waals surface area (Å²) in [6.45, 7) is 2.40. The predicted molar refractivity (Wildman–Crippen MR) is 128 cm³/mol. The maximum Gasteiger partial charge on any atom is 0.316 e. The quantitative estimate of drug-likeness (QED) is 0.270. The van der Waals surface area contributed by atoms with Gasteiger partial charge in [0.15, 0.2) is 5.82 Å². The van der Waals surface area contributed by atoms with Crippen LogP contribution in [0.4, 0.5) is 5.82 Å². The first-order valence-electron chi connectivity index (χ1n) is 10.2. The minimum Gasteiger partial charge on any atom is -0.473 e. The summed E-state index contributed by atoms with van der Waals surface area (Å²) >= 11 is 3.26. The van der Waals surface area contributed by atoms with E-state index < -0.39 is 10.2 Å². The van der Waals surface area contributed by atoms with Crippen LogP contribution in [0.1, 0.15) is 13.3 Å². The van der Waals surface area contributed by atoms with E-state index in [2.05, 4.69) is 50.4 Å². The second-order valence-electron chi connectivity index (χ2n) is 6.90. The Morgan fingerprint density at radius 1 is 1.06 bits per heavy atom. The molecule has 0 spiro atoms. The zero-order valence-corrected chi connectivity index (χ0v) is 20.5. The molecule has 0 fully saturated rings. The van der Waals surface area contributed by atoms with Crippen molar-refractivity contribution in [1.29, 1.82) is 0 Å². The normalized spacial score (nSPS) is 11.5. The number of aromatic nitrogens is 6. The molecular formula is C20H21BrN8O4S. The molecule has 4 rings (SSSR count). The number of pyridine rings is 1. The van der Waals surface area contributed by atoms with Gasteiger partial charge in [-0.3, -0.25) is 4.72 Å². The zero-order chi connectivity index (χ0) is 24.0. The maximum atomic E-state index is 12.5. The summed E-state index contributed by atoms with van der Waals surface area (Å²) in [5.41, 5.74) is 1.84. The molecule has 178 valence electrons. The van der Waals surface area contributed by atoms with Crippen molar-refractivity contribution < 1.29 is 17.9 Å². The highest BCUT2D eigenvalue weighted by Crippen LogP contribution is 2.34. The summed E-state index contributed by atoms with van der Waals surface area (Å²) in [5.74, 6) is 0.243. The smallest absolute Gasteiger partial charge is 0.316 e. The van der Waals surface area contributed by atoms with Crippen LogP contribution in [0, 0.1) is 0 Å². The third-order valence-electron chi connectivity index (χ3n) is 4.42. The predicted octanol–water partition coefficient (Wildman–Crippen LogP) is 2.46. The molecule has 0 aliphatic carbocycles. The van der Waals surface area contributed by atoms with Crippen LogP contribution in [-0.2, 0) is 10.2 Å². The van der Waals surface area contributed by atoms with Crippen LogP contribution in [0.3, 0.4) is 0 Å². The highest BCUT2D eigenvalue weighted by Gasteiger charge is 2.20. The molecule has 4 heterocycles. The van der Waals surface area contributed by atoms with Gasteiger partial charge in [-0.1, -0.05) is 13.0 Å². The lowest BCUT2D eigenvalue weighted by Gasteiger charge is -2.16. The van der Waals surface area contributed by atoms with Gasteiger partial charge in [-0.25, -0.2) is 24.5 Å². The van der Waals surface area contributed by atoms with E-state index in [0.29, 0.717) is 17.5 Å². The van der Waals surface area contributed by atoms with E-state index in [1.807, 2.05) is 25.1 Å². The number of fused-ring (bicyclic) bond motifs is 1. The topological polar surface area (TPSA) is 146 Å². The molecule has 0 saturated heterocycles. The van der Waals surface area contributed by atoms with E-state index in [1.54, 1.807) is 29.3 Å². The third-order valence-corrected chi connectivity index (χ3v) is 5.88. The van der Waals surface area contributed by atoms with Crippen molar-refractivity contribution in [3.63, 3.8) is 0 Å². The van der Waals surface area contributed by atoms with E-state index in [9.17, 15) is 8.42 Å². The molecule has 0 aliphatic rings. The Kier molecular flexibility index (Phi) is 7.49. The Morgan fingerprint density at radius 2 is 1.85 bits per heavy atom. The van der Waals surface area contributed by atoms with Crippen molar-refractivity contribution in [2.24, 2.45) is 0 Å². The maximum absolute atomic E-state index is 12.5. The van der Waals surface area contributed by atoms with Gasteiger partial charge in [0.2, 0.25) is 5.88 Å². The molecular weight excluding hydrogens is 528 g/mol. The highest BCUT2D eigenvalue weighted by atomic mass is 79.9. The van der Waals surface area contributed by atoms with Crippen molar-refractivity contribution in [3.05, 3.63) is 53.8 Å². The third kappa shape index (κ3) is 5.95. The Labute approximate surface area is 204 Å². The molecule has 0 amide bonds. The van der Waals surface area contributed by atoms with Crippen LogP contribution in [0.5, 0.6) is 11.9 Å². The van der Waals surface area contributed by atoms with Crippen molar-refractivity contribution in [2.75, 3.05) is 24.5 Å². The van der Waals surface area contributed by atoms with Crippen molar-refractivity contribution >= 4 is 37.5 Å². The van der Waals surface area contributed by atoms with Gasteiger partial charge in [-0.2, -0.15) is 18.2 Å². The molecule has 0 saturated carbocycles. The van der Waals surface area contributed by atoms with Crippen LogP contribution in [0.15, 0.2) is 53.8 Å². The number of nitrogens with zero attached hydrogens (tertiary/aromatic N) is 6. The fraction of sp³-hybridized carbons (Fsp3) is 0.250. The van der Waals surface area contributed by atoms with Crippen LogP contribution in [-0.4, -0.2) is 57.7 Å². The van der Waals surface area contributed by atoms with Gasteiger partial charge in [0.1, 0.15) is 19.5 Å². The molecule has 34 heavy (non-hydrogen) atoms. The van der Waals surface area contributed by atoms with Gasteiger partial charge < -0.3 is 9.47 Å². The fourth-order valence-electron chi connectivity index (χ4n) is 2.92. The summed E-state index contributed by atoms with van der Waals surface area (Å²) in [5, 5.41) is 4.24. The van der Waals surface area contributed by atoms with Gasteiger partial charge in [-0.15, -0.1) is 0 Å². The van der Waals surface area contributed by atoms with Gasteiger partial charge in [0, 0.05) is 36.9 Å². The summed E-state index contributed by atoms with van der Waals surface area (Å²) in [6, 6.07) is 5.71. The SMILES string of the molecule is CCCNS(=O)(=O)Nc1ncnc(OCCOc2ncc(Br)cn2)c1-c1ccc2ccnn2c1. The monoisotopic (exact) mass is 548 g/mol. The summed E-state index contributed by atoms with van der Waals surface area (Å²) < 4.78 is 43.6. The summed E-state index contributed by atoms with van der Waals surface area (Å²) in [6.07, 6.45) is 8.41. The number of hydrogen-bond acceptors (Lipinski definition) is 9. The molecule has 0 radical (unpaired) electrons. The number of anilines is 1. The lowest BCUT2D eigenvalue weighted by atomic mass is 10.1. The first-order valence-corrected chi connectivity index (χ1v) is 12.5. The lowest BCUT2D eigenvalue weighted by Crippen LogP contribution is -2.31.